The molecule has 0 fully saturated rings. The van der Waals surface area contributed by atoms with E-state index in [1.54, 1.807) is 11.9 Å². The number of aliphatic carboxylic acids is 1. The second-order valence-electron chi connectivity index (χ2n) is 3.09. The standard InChI is InChI=1S/C8H15NO3/c1-7(5-8(11)12)6-9(2)3-4-10/h4,7H,3,5-6H2,1-2H3,(H,11,12). The lowest BCUT2D eigenvalue weighted by atomic mass is 10.1. The number of hydrogen-bond donors (Lipinski definition) is 1. The molecule has 0 aromatic carbocycles. The third-order valence-electron chi connectivity index (χ3n) is 1.53. The molecule has 0 saturated heterocycles. The van der Waals surface area contributed by atoms with Gasteiger partial charge in [0.1, 0.15) is 6.29 Å². The molecule has 70 valence electrons. The molecule has 0 saturated carbocycles. The summed E-state index contributed by atoms with van der Waals surface area (Å²) in [6, 6.07) is 0. The van der Waals surface area contributed by atoms with Crippen LogP contribution in [0.5, 0.6) is 0 Å². The zero-order chi connectivity index (χ0) is 9.56. The zero-order valence-electron chi connectivity index (χ0n) is 7.49. The maximum Gasteiger partial charge on any atom is 0.303 e. The van der Waals surface area contributed by atoms with Crippen molar-refractivity contribution in [2.75, 3.05) is 20.1 Å². The van der Waals surface area contributed by atoms with E-state index in [0.717, 1.165) is 6.29 Å². The maximum absolute atomic E-state index is 10.3. The van der Waals surface area contributed by atoms with Crippen LogP contribution in [0.25, 0.3) is 0 Å². The van der Waals surface area contributed by atoms with E-state index < -0.39 is 5.97 Å². The summed E-state index contributed by atoms with van der Waals surface area (Å²) in [6.07, 6.45) is 0.969. The van der Waals surface area contributed by atoms with E-state index in [0.29, 0.717) is 13.1 Å². The van der Waals surface area contributed by atoms with Gasteiger partial charge in [-0.3, -0.25) is 9.69 Å². The van der Waals surface area contributed by atoms with Crippen molar-refractivity contribution in [1.82, 2.24) is 4.90 Å². The molecule has 4 heteroatoms. The predicted octanol–water partition coefficient (Wildman–Crippen LogP) is 0.228. The molecule has 0 rings (SSSR count). The first-order valence-electron chi connectivity index (χ1n) is 3.90. The lowest BCUT2D eigenvalue weighted by molar-refractivity contribution is -0.138. The first-order valence-corrected chi connectivity index (χ1v) is 3.90. The van der Waals surface area contributed by atoms with E-state index in [1.807, 2.05) is 6.92 Å². The highest BCUT2D eigenvalue weighted by molar-refractivity contribution is 5.66. The van der Waals surface area contributed by atoms with Gasteiger partial charge in [-0.25, -0.2) is 0 Å². The lowest BCUT2D eigenvalue weighted by Crippen LogP contribution is -2.27. The van der Waals surface area contributed by atoms with Crippen molar-refractivity contribution in [1.29, 1.82) is 0 Å². The topological polar surface area (TPSA) is 57.6 Å². The van der Waals surface area contributed by atoms with E-state index in [-0.39, 0.29) is 12.3 Å². The van der Waals surface area contributed by atoms with Crippen LogP contribution in [0, 0.1) is 5.92 Å². The van der Waals surface area contributed by atoms with Crippen molar-refractivity contribution in [3.8, 4) is 0 Å². The number of carbonyl (C=O) groups excluding carboxylic acids is 1. The quantitative estimate of drug-likeness (QED) is 0.584. The summed E-state index contributed by atoms with van der Waals surface area (Å²) in [5.74, 6) is -0.700. The van der Waals surface area contributed by atoms with Crippen LogP contribution in [0.2, 0.25) is 0 Å². The van der Waals surface area contributed by atoms with Crippen LogP contribution in [0.4, 0.5) is 0 Å². The Morgan fingerprint density at radius 3 is 2.67 bits per heavy atom. The van der Waals surface area contributed by atoms with Gasteiger partial charge in [0.05, 0.1) is 6.54 Å². The van der Waals surface area contributed by atoms with Crippen molar-refractivity contribution in [2.24, 2.45) is 5.92 Å². The van der Waals surface area contributed by atoms with E-state index in [4.69, 9.17) is 5.11 Å². The van der Waals surface area contributed by atoms with Crippen molar-refractivity contribution in [3.63, 3.8) is 0 Å². The molecule has 0 spiro atoms. The van der Waals surface area contributed by atoms with Gasteiger partial charge in [0.15, 0.2) is 0 Å². The number of rotatable bonds is 6. The number of hydrogen-bond acceptors (Lipinski definition) is 3. The molecule has 1 N–H and O–H groups in total. The van der Waals surface area contributed by atoms with Crippen LogP contribution >= 0.6 is 0 Å². The summed E-state index contributed by atoms with van der Waals surface area (Å²) in [6.45, 7) is 2.87. The molecule has 0 aliphatic rings. The van der Waals surface area contributed by atoms with E-state index >= 15 is 0 Å². The third kappa shape index (κ3) is 5.85. The molecular formula is C8H15NO3. The number of carboxylic acids is 1. The third-order valence-corrected chi connectivity index (χ3v) is 1.53. The van der Waals surface area contributed by atoms with Crippen LogP contribution in [-0.4, -0.2) is 42.4 Å². The Labute approximate surface area is 72.2 Å². The summed E-state index contributed by atoms with van der Waals surface area (Å²) in [4.78, 5) is 22.1. The maximum atomic E-state index is 10.3. The van der Waals surface area contributed by atoms with Gasteiger partial charge in [-0.05, 0) is 13.0 Å². The highest BCUT2D eigenvalue weighted by Gasteiger charge is 2.09. The van der Waals surface area contributed by atoms with Crippen LogP contribution in [0.1, 0.15) is 13.3 Å². The van der Waals surface area contributed by atoms with Crippen LogP contribution < -0.4 is 0 Å². The van der Waals surface area contributed by atoms with Crippen LogP contribution in [-0.2, 0) is 9.59 Å². The minimum absolute atomic E-state index is 0.0902. The smallest absolute Gasteiger partial charge is 0.303 e. The van der Waals surface area contributed by atoms with Crippen molar-refractivity contribution in [2.45, 2.75) is 13.3 Å². The van der Waals surface area contributed by atoms with Gasteiger partial charge in [-0.1, -0.05) is 6.92 Å². The number of likely N-dealkylation sites (N-methyl/N-ethyl adjacent to an activating group) is 1. The molecule has 0 bridgehead atoms. The van der Waals surface area contributed by atoms with E-state index in [2.05, 4.69) is 0 Å². The summed E-state index contributed by atoms with van der Waals surface area (Å²) in [5.41, 5.74) is 0. The highest BCUT2D eigenvalue weighted by Crippen LogP contribution is 2.02. The second kappa shape index (κ2) is 5.71. The van der Waals surface area contributed by atoms with Gasteiger partial charge < -0.3 is 9.90 Å². The molecule has 12 heavy (non-hydrogen) atoms. The first kappa shape index (κ1) is 11.1. The Balaban J connectivity index is 3.59. The molecule has 1 atom stereocenters. The molecule has 0 radical (unpaired) electrons. The minimum atomic E-state index is -0.790. The molecular weight excluding hydrogens is 158 g/mol. The highest BCUT2D eigenvalue weighted by atomic mass is 16.4. The Kier molecular flexibility index (Phi) is 5.28. The lowest BCUT2D eigenvalue weighted by Gasteiger charge is -2.17. The Bertz CT molecular complexity index is 158. The summed E-state index contributed by atoms with van der Waals surface area (Å²) in [7, 11) is 1.80. The van der Waals surface area contributed by atoms with Crippen LogP contribution in [0.15, 0.2) is 0 Å². The van der Waals surface area contributed by atoms with E-state index in [1.165, 1.54) is 0 Å². The van der Waals surface area contributed by atoms with Gasteiger partial charge in [-0.2, -0.15) is 0 Å². The largest absolute Gasteiger partial charge is 0.481 e. The summed E-state index contributed by atoms with van der Waals surface area (Å²) < 4.78 is 0. The number of carbonyl (C=O) groups is 2. The van der Waals surface area contributed by atoms with Gasteiger partial charge in [-0.15, -0.1) is 0 Å². The zero-order valence-corrected chi connectivity index (χ0v) is 7.49. The monoisotopic (exact) mass is 173 g/mol. The predicted molar refractivity (Wildman–Crippen MR) is 45.0 cm³/mol. The Hall–Kier alpha value is -0.900. The Morgan fingerprint density at radius 2 is 2.25 bits per heavy atom. The van der Waals surface area contributed by atoms with Crippen molar-refractivity contribution in [3.05, 3.63) is 0 Å². The fourth-order valence-corrected chi connectivity index (χ4v) is 1.10. The van der Waals surface area contributed by atoms with Gasteiger partial charge >= 0.3 is 5.97 Å². The summed E-state index contributed by atoms with van der Waals surface area (Å²) in [5, 5.41) is 8.44. The molecule has 0 aromatic rings. The van der Waals surface area contributed by atoms with Crippen molar-refractivity contribution >= 4 is 12.3 Å². The van der Waals surface area contributed by atoms with Gasteiger partial charge in [0.2, 0.25) is 0 Å². The molecule has 1 unspecified atom stereocenters. The fraction of sp³-hybridized carbons (Fsp3) is 0.750. The number of nitrogens with zero attached hydrogens (tertiary/aromatic N) is 1. The molecule has 0 amide bonds. The van der Waals surface area contributed by atoms with Crippen LogP contribution in [0.3, 0.4) is 0 Å². The molecule has 4 nitrogen and oxygen atoms in total. The number of carboxylic acid groups (broad SMARTS) is 1. The molecule has 0 aliphatic heterocycles. The van der Waals surface area contributed by atoms with E-state index in [9.17, 15) is 9.59 Å². The first-order chi connectivity index (χ1) is 5.56. The summed E-state index contributed by atoms with van der Waals surface area (Å²) >= 11 is 0. The molecule has 0 aromatic heterocycles. The number of aldehydes is 1. The van der Waals surface area contributed by atoms with Gasteiger partial charge in [0, 0.05) is 13.0 Å². The molecule has 0 heterocycles. The normalized spacial score (nSPS) is 12.9. The average Bonchev–Trinajstić information content (AvgIpc) is 1.84. The fourth-order valence-electron chi connectivity index (χ4n) is 1.10. The second-order valence-corrected chi connectivity index (χ2v) is 3.09. The Morgan fingerprint density at radius 1 is 1.67 bits per heavy atom. The van der Waals surface area contributed by atoms with Crippen molar-refractivity contribution < 1.29 is 14.7 Å². The molecule has 0 aliphatic carbocycles. The average molecular weight is 173 g/mol. The minimum Gasteiger partial charge on any atom is -0.481 e. The van der Waals surface area contributed by atoms with Gasteiger partial charge in [0.25, 0.3) is 0 Å². The SMILES string of the molecule is CC(CC(=O)O)CN(C)CC=O.